The van der Waals surface area contributed by atoms with Crippen LogP contribution in [0.25, 0.3) is 0 Å². The molecule has 0 bridgehead atoms. The van der Waals surface area contributed by atoms with Gasteiger partial charge in [-0.2, -0.15) is 4.31 Å². The van der Waals surface area contributed by atoms with E-state index in [4.69, 9.17) is 4.74 Å². The summed E-state index contributed by atoms with van der Waals surface area (Å²) in [6.45, 7) is 2.94. The predicted octanol–water partition coefficient (Wildman–Crippen LogP) is 2.88. The molecule has 166 valence electrons. The lowest BCUT2D eigenvalue weighted by Crippen LogP contribution is -2.28. The van der Waals surface area contributed by atoms with Gasteiger partial charge >= 0.3 is 0 Å². The lowest BCUT2D eigenvalue weighted by atomic mass is 10.1. The number of nitrogens with one attached hydrogen (secondary N) is 2. The fourth-order valence-corrected chi connectivity index (χ4v) is 5.03. The van der Waals surface area contributed by atoms with Gasteiger partial charge < -0.3 is 15.4 Å². The molecule has 31 heavy (non-hydrogen) atoms. The Labute approximate surface area is 180 Å². The minimum Gasteiger partial charge on any atom is -0.492 e. The molecule has 1 amide bonds. The second-order valence-electron chi connectivity index (χ2n) is 6.90. The molecule has 0 radical (unpaired) electrons. The first-order valence-corrected chi connectivity index (χ1v) is 11.3. The molecule has 1 aliphatic rings. The number of hydrogen-bond donors (Lipinski definition) is 2. The highest BCUT2D eigenvalue weighted by molar-refractivity contribution is 7.89. The SMILES string of the molecule is CCOc1ccc(Nc2ccc(C(=O)NC)cc2[N+](=O)[O-])cc1S(=O)(=O)N1CCCC1. The summed E-state index contributed by atoms with van der Waals surface area (Å²) in [5.41, 5.74) is 0.311. The normalized spacial score (nSPS) is 14.3. The van der Waals surface area contributed by atoms with Crippen LogP contribution in [0.4, 0.5) is 17.1 Å². The predicted molar refractivity (Wildman–Crippen MR) is 115 cm³/mol. The molecule has 2 aromatic carbocycles. The van der Waals surface area contributed by atoms with Crippen LogP contribution in [-0.4, -0.2) is 50.3 Å². The van der Waals surface area contributed by atoms with E-state index in [2.05, 4.69) is 10.6 Å². The van der Waals surface area contributed by atoms with Crippen LogP contribution in [-0.2, 0) is 10.0 Å². The van der Waals surface area contributed by atoms with E-state index < -0.39 is 20.9 Å². The maximum absolute atomic E-state index is 13.1. The molecule has 1 aliphatic heterocycles. The number of anilines is 2. The Kier molecular flexibility index (Phi) is 6.76. The van der Waals surface area contributed by atoms with Crippen molar-refractivity contribution in [3.8, 4) is 5.75 Å². The third-order valence-electron chi connectivity index (χ3n) is 4.89. The molecule has 0 aliphatic carbocycles. The summed E-state index contributed by atoms with van der Waals surface area (Å²) < 4.78 is 33.2. The number of sulfonamides is 1. The van der Waals surface area contributed by atoms with E-state index in [1.165, 1.54) is 35.6 Å². The highest BCUT2D eigenvalue weighted by atomic mass is 32.2. The van der Waals surface area contributed by atoms with E-state index in [0.29, 0.717) is 25.4 Å². The summed E-state index contributed by atoms with van der Waals surface area (Å²) in [5.74, 6) is -0.223. The lowest BCUT2D eigenvalue weighted by Gasteiger charge is -2.19. The van der Waals surface area contributed by atoms with Gasteiger partial charge in [0.25, 0.3) is 11.6 Å². The Morgan fingerprint density at radius 1 is 1.19 bits per heavy atom. The molecule has 0 unspecified atom stereocenters. The minimum atomic E-state index is -3.77. The van der Waals surface area contributed by atoms with Crippen molar-refractivity contribution in [1.29, 1.82) is 0 Å². The largest absolute Gasteiger partial charge is 0.492 e. The van der Waals surface area contributed by atoms with E-state index >= 15 is 0 Å². The summed E-state index contributed by atoms with van der Waals surface area (Å²) in [5, 5.41) is 16.8. The number of nitro benzene ring substituents is 1. The monoisotopic (exact) mass is 448 g/mol. The summed E-state index contributed by atoms with van der Waals surface area (Å²) in [4.78, 5) is 22.7. The fourth-order valence-electron chi connectivity index (χ4n) is 3.36. The Balaban J connectivity index is 2.01. The number of carbonyl (C=O) groups excluding carboxylic acids is 1. The Morgan fingerprint density at radius 2 is 1.90 bits per heavy atom. The molecule has 1 fully saturated rings. The third kappa shape index (κ3) is 4.78. The van der Waals surface area contributed by atoms with Gasteiger partial charge in [-0.25, -0.2) is 8.42 Å². The van der Waals surface area contributed by atoms with Crippen LogP contribution in [0.2, 0.25) is 0 Å². The molecule has 3 rings (SSSR count). The minimum absolute atomic E-state index is 0.00545. The topological polar surface area (TPSA) is 131 Å². The number of carbonyl (C=O) groups is 1. The van der Waals surface area contributed by atoms with E-state index in [-0.39, 0.29) is 27.6 Å². The third-order valence-corrected chi connectivity index (χ3v) is 6.81. The molecule has 0 saturated carbocycles. The van der Waals surface area contributed by atoms with Crippen molar-refractivity contribution in [3.05, 3.63) is 52.1 Å². The standard InChI is InChI=1S/C20H24N4O6S/c1-3-30-18-9-7-15(13-19(18)31(28,29)23-10-4-5-11-23)22-16-8-6-14(20(25)21-2)12-17(16)24(26)27/h6-9,12-13,22H,3-5,10-11H2,1-2H3,(H,21,25). The molecule has 1 heterocycles. The number of ether oxygens (including phenoxy) is 1. The number of hydrogen-bond acceptors (Lipinski definition) is 7. The molecule has 0 aromatic heterocycles. The summed E-state index contributed by atoms with van der Waals surface area (Å²) in [6, 6.07) is 8.55. The zero-order chi connectivity index (χ0) is 22.6. The molecule has 1 saturated heterocycles. The number of nitrogens with zero attached hydrogens (tertiary/aromatic N) is 2. The van der Waals surface area contributed by atoms with Gasteiger partial charge in [-0.05, 0) is 50.1 Å². The van der Waals surface area contributed by atoms with Crippen molar-refractivity contribution in [3.63, 3.8) is 0 Å². The van der Waals surface area contributed by atoms with Gasteiger partial charge in [-0.3, -0.25) is 14.9 Å². The number of rotatable bonds is 8. The van der Waals surface area contributed by atoms with Gasteiger partial charge in [0.15, 0.2) is 0 Å². The fraction of sp³-hybridized carbons (Fsp3) is 0.350. The first-order chi connectivity index (χ1) is 14.8. The second-order valence-corrected chi connectivity index (χ2v) is 8.81. The van der Waals surface area contributed by atoms with Crippen LogP contribution >= 0.6 is 0 Å². The highest BCUT2D eigenvalue weighted by Crippen LogP contribution is 2.34. The number of nitro groups is 1. The second kappa shape index (κ2) is 9.31. The zero-order valence-electron chi connectivity index (χ0n) is 17.3. The summed E-state index contributed by atoms with van der Waals surface area (Å²) >= 11 is 0. The van der Waals surface area contributed by atoms with Crippen molar-refractivity contribution in [1.82, 2.24) is 9.62 Å². The summed E-state index contributed by atoms with van der Waals surface area (Å²) in [7, 11) is -2.34. The van der Waals surface area contributed by atoms with Gasteiger partial charge in [-0.15, -0.1) is 0 Å². The van der Waals surface area contributed by atoms with Crippen LogP contribution in [0.1, 0.15) is 30.1 Å². The molecule has 2 N–H and O–H groups in total. The van der Waals surface area contributed by atoms with Gasteiger partial charge in [-0.1, -0.05) is 0 Å². The number of benzene rings is 2. The van der Waals surface area contributed by atoms with E-state index in [0.717, 1.165) is 18.9 Å². The molecule has 0 spiro atoms. The smallest absolute Gasteiger partial charge is 0.293 e. The maximum Gasteiger partial charge on any atom is 0.293 e. The van der Waals surface area contributed by atoms with E-state index in [1.54, 1.807) is 13.0 Å². The highest BCUT2D eigenvalue weighted by Gasteiger charge is 2.30. The van der Waals surface area contributed by atoms with Crippen molar-refractivity contribution in [2.75, 3.05) is 32.1 Å². The van der Waals surface area contributed by atoms with Gasteiger partial charge in [0.05, 0.1) is 11.5 Å². The van der Waals surface area contributed by atoms with Gasteiger partial charge in [0.1, 0.15) is 16.3 Å². The first-order valence-electron chi connectivity index (χ1n) is 9.82. The Bertz CT molecular complexity index is 1100. The van der Waals surface area contributed by atoms with Crippen LogP contribution in [0.3, 0.4) is 0 Å². The van der Waals surface area contributed by atoms with E-state index in [1.807, 2.05) is 0 Å². The Hall–Kier alpha value is -3.18. The molecule has 2 aromatic rings. The van der Waals surface area contributed by atoms with Crippen molar-refractivity contribution >= 4 is 33.0 Å². The molecule has 10 nitrogen and oxygen atoms in total. The zero-order valence-corrected chi connectivity index (χ0v) is 18.1. The average Bonchev–Trinajstić information content (AvgIpc) is 3.30. The molecule has 0 atom stereocenters. The molecule has 11 heteroatoms. The van der Waals surface area contributed by atoms with Gasteiger partial charge in [0, 0.05) is 37.5 Å². The molecular formula is C20H24N4O6S. The first kappa shape index (κ1) is 22.5. The van der Waals surface area contributed by atoms with Crippen molar-refractivity contribution < 1.29 is 22.9 Å². The van der Waals surface area contributed by atoms with Crippen LogP contribution in [0.15, 0.2) is 41.3 Å². The average molecular weight is 449 g/mol. The van der Waals surface area contributed by atoms with Crippen LogP contribution < -0.4 is 15.4 Å². The van der Waals surface area contributed by atoms with E-state index in [9.17, 15) is 23.3 Å². The van der Waals surface area contributed by atoms with Crippen LogP contribution in [0, 0.1) is 10.1 Å². The van der Waals surface area contributed by atoms with Crippen molar-refractivity contribution in [2.45, 2.75) is 24.7 Å². The Morgan fingerprint density at radius 3 is 2.52 bits per heavy atom. The van der Waals surface area contributed by atoms with Crippen molar-refractivity contribution in [2.24, 2.45) is 0 Å². The lowest BCUT2D eigenvalue weighted by molar-refractivity contribution is -0.383. The van der Waals surface area contributed by atoms with Crippen LogP contribution in [0.5, 0.6) is 5.75 Å². The number of amides is 1. The maximum atomic E-state index is 13.1. The van der Waals surface area contributed by atoms with Gasteiger partial charge in [0.2, 0.25) is 10.0 Å². The quantitative estimate of drug-likeness (QED) is 0.469. The molecular weight excluding hydrogens is 424 g/mol. The summed E-state index contributed by atoms with van der Waals surface area (Å²) in [6.07, 6.45) is 1.59.